The second-order valence-electron chi connectivity index (χ2n) is 6.98. The molecule has 0 fully saturated rings. The molecule has 2 aromatic rings. The van der Waals surface area contributed by atoms with Gasteiger partial charge in [0.25, 0.3) is 0 Å². The van der Waals surface area contributed by atoms with Gasteiger partial charge in [-0.1, -0.05) is 30.3 Å². The second kappa shape index (κ2) is 9.37. The molecule has 0 radical (unpaired) electrons. The molecule has 0 aliphatic carbocycles. The SMILES string of the molecule is Cc1cc(N(Cc2ccccc2)C(C)C)nc(NCCCN(C)C)n1. The molecule has 0 unspecified atom stereocenters. The smallest absolute Gasteiger partial charge is 0.224 e. The van der Waals surface area contributed by atoms with E-state index in [0.717, 1.165) is 37.6 Å². The summed E-state index contributed by atoms with van der Waals surface area (Å²) in [5.41, 5.74) is 2.27. The van der Waals surface area contributed by atoms with E-state index < -0.39 is 0 Å². The summed E-state index contributed by atoms with van der Waals surface area (Å²) in [6, 6.07) is 12.9. The standard InChI is InChI=1S/C20H31N5/c1-16(2)25(15-18-10-7-6-8-11-18)19-14-17(3)22-20(23-19)21-12-9-13-24(4)5/h6-8,10-11,14,16H,9,12-13,15H2,1-5H3,(H,21,22,23). The van der Waals surface area contributed by atoms with Gasteiger partial charge in [-0.05, 0) is 53.4 Å². The van der Waals surface area contributed by atoms with Crippen molar-refractivity contribution in [1.82, 2.24) is 14.9 Å². The minimum absolute atomic E-state index is 0.357. The quantitative estimate of drug-likeness (QED) is 0.707. The Hall–Kier alpha value is -2.14. The number of rotatable bonds is 9. The highest BCUT2D eigenvalue weighted by Gasteiger charge is 2.14. The fourth-order valence-electron chi connectivity index (χ4n) is 2.68. The van der Waals surface area contributed by atoms with Crippen LogP contribution in [0.1, 0.15) is 31.5 Å². The first kappa shape index (κ1) is 19.2. The Labute approximate surface area is 152 Å². The van der Waals surface area contributed by atoms with Crippen LogP contribution in [-0.2, 0) is 6.54 Å². The number of benzene rings is 1. The molecule has 0 atom stereocenters. The average molecular weight is 342 g/mol. The minimum Gasteiger partial charge on any atom is -0.354 e. The van der Waals surface area contributed by atoms with E-state index in [-0.39, 0.29) is 0 Å². The van der Waals surface area contributed by atoms with Crippen LogP contribution >= 0.6 is 0 Å². The molecule has 25 heavy (non-hydrogen) atoms. The fraction of sp³-hybridized carbons (Fsp3) is 0.500. The number of aromatic nitrogens is 2. The molecule has 5 heteroatoms. The topological polar surface area (TPSA) is 44.3 Å². The Morgan fingerprint density at radius 2 is 1.80 bits per heavy atom. The highest BCUT2D eigenvalue weighted by molar-refractivity contribution is 5.46. The number of hydrogen-bond acceptors (Lipinski definition) is 5. The molecule has 0 aliphatic heterocycles. The number of nitrogens with zero attached hydrogens (tertiary/aromatic N) is 4. The molecule has 0 aliphatic rings. The number of nitrogens with one attached hydrogen (secondary N) is 1. The van der Waals surface area contributed by atoms with Gasteiger partial charge in [-0.3, -0.25) is 0 Å². The van der Waals surface area contributed by atoms with Gasteiger partial charge in [0.1, 0.15) is 5.82 Å². The number of hydrogen-bond donors (Lipinski definition) is 1. The van der Waals surface area contributed by atoms with Crippen molar-refractivity contribution in [2.75, 3.05) is 37.4 Å². The van der Waals surface area contributed by atoms with E-state index in [0.29, 0.717) is 12.0 Å². The number of aryl methyl sites for hydroxylation is 1. The van der Waals surface area contributed by atoms with Crippen molar-refractivity contribution < 1.29 is 0 Å². The van der Waals surface area contributed by atoms with Crippen molar-refractivity contribution in [3.05, 3.63) is 47.7 Å². The van der Waals surface area contributed by atoms with Crippen molar-refractivity contribution in [3.8, 4) is 0 Å². The van der Waals surface area contributed by atoms with E-state index >= 15 is 0 Å². The van der Waals surface area contributed by atoms with Gasteiger partial charge in [0.15, 0.2) is 0 Å². The highest BCUT2D eigenvalue weighted by atomic mass is 15.2. The molecule has 0 saturated heterocycles. The van der Waals surface area contributed by atoms with E-state index in [2.05, 4.69) is 78.4 Å². The van der Waals surface area contributed by atoms with Gasteiger partial charge in [-0.15, -0.1) is 0 Å². The summed E-state index contributed by atoms with van der Waals surface area (Å²) >= 11 is 0. The van der Waals surface area contributed by atoms with Crippen LogP contribution < -0.4 is 10.2 Å². The molecule has 2 rings (SSSR count). The predicted molar refractivity (Wildman–Crippen MR) is 106 cm³/mol. The summed E-state index contributed by atoms with van der Waals surface area (Å²) in [6.07, 6.45) is 1.07. The van der Waals surface area contributed by atoms with Crippen LogP contribution in [0.25, 0.3) is 0 Å². The molecule has 1 aromatic heterocycles. The van der Waals surface area contributed by atoms with E-state index in [1.54, 1.807) is 0 Å². The summed E-state index contributed by atoms with van der Waals surface area (Å²) in [7, 11) is 4.18. The third kappa shape index (κ3) is 6.35. The van der Waals surface area contributed by atoms with Gasteiger partial charge in [0, 0.05) is 30.9 Å². The van der Waals surface area contributed by atoms with Gasteiger partial charge in [0.05, 0.1) is 0 Å². The third-order valence-electron chi connectivity index (χ3n) is 4.02. The monoisotopic (exact) mass is 341 g/mol. The zero-order chi connectivity index (χ0) is 18.2. The normalized spacial score (nSPS) is 11.2. The maximum Gasteiger partial charge on any atom is 0.224 e. The van der Waals surface area contributed by atoms with Crippen LogP contribution in [0.15, 0.2) is 36.4 Å². The van der Waals surface area contributed by atoms with Gasteiger partial charge < -0.3 is 15.1 Å². The molecule has 0 bridgehead atoms. The molecule has 1 N–H and O–H groups in total. The zero-order valence-electron chi connectivity index (χ0n) is 16.2. The first-order chi connectivity index (χ1) is 12.0. The van der Waals surface area contributed by atoms with Crippen molar-refractivity contribution in [2.45, 2.75) is 39.8 Å². The molecule has 5 nitrogen and oxygen atoms in total. The Morgan fingerprint density at radius 1 is 1.08 bits per heavy atom. The van der Waals surface area contributed by atoms with Crippen LogP contribution in [0, 0.1) is 6.92 Å². The van der Waals surface area contributed by atoms with Gasteiger partial charge in [-0.2, -0.15) is 4.98 Å². The van der Waals surface area contributed by atoms with Crippen molar-refractivity contribution >= 4 is 11.8 Å². The summed E-state index contributed by atoms with van der Waals surface area (Å²) in [5.74, 6) is 1.69. The Kier molecular flexibility index (Phi) is 7.19. The average Bonchev–Trinajstić information content (AvgIpc) is 2.56. The van der Waals surface area contributed by atoms with Crippen LogP contribution in [0.5, 0.6) is 0 Å². The molecule has 0 spiro atoms. The molecular weight excluding hydrogens is 310 g/mol. The zero-order valence-corrected chi connectivity index (χ0v) is 16.2. The van der Waals surface area contributed by atoms with Crippen LogP contribution in [-0.4, -0.2) is 48.1 Å². The number of anilines is 2. The molecule has 1 aromatic carbocycles. The van der Waals surface area contributed by atoms with Crippen molar-refractivity contribution in [1.29, 1.82) is 0 Å². The molecular formula is C20H31N5. The lowest BCUT2D eigenvalue weighted by Gasteiger charge is -2.28. The first-order valence-corrected chi connectivity index (χ1v) is 9.00. The lowest BCUT2D eigenvalue weighted by Crippen LogP contribution is -2.31. The molecule has 0 amide bonds. The van der Waals surface area contributed by atoms with Gasteiger partial charge in [0.2, 0.25) is 5.95 Å². The summed E-state index contributed by atoms with van der Waals surface area (Å²) < 4.78 is 0. The van der Waals surface area contributed by atoms with E-state index in [1.807, 2.05) is 13.0 Å². The lowest BCUT2D eigenvalue weighted by molar-refractivity contribution is 0.405. The van der Waals surface area contributed by atoms with Crippen LogP contribution in [0.3, 0.4) is 0 Å². The molecule has 136 valence electrons. The van der Waals surface area contributed by atoms with Gasteiger partial charge >= 0.3 is 0 Å². The Balaban J connectivity index is 2.11. The minimum atomic E-state index is 0.357. The second-order valence-corrected chi connectivity index (χ2v) is 6.98. The van der Waals surface area contributed by atoms with Gasteiger partial charge in [-0.25, -0.2) is 4.98 Å². The lowest BCUT2D eigenvalue weighted by atomic mass is 10.2. The molecule has 0 saturated carbocycles. The van der Waals surface area contributed by atoms with E-state index in [4.69, 9.17) is 4.98 Å². The first-order valence-electron chi connectivity index (χ1n) is 9.00. The fourth-order valence-corrected chi connectivity index (χ4v) is 2.68. The van der Waals surface area contributed by atoms with E-state index in [9.17, 15) is 0 Å². The summed E-state index contributed by atoms with van der Waals surface area (Å²) in [6.45, 7) is 9.20. The summed E-state index contributed by atoms with van der Waals surface area (Å²) in [5, 5.41) is 3.36. The van der Waals surface area contributed by atoms with Crippen LogP contribution in [0.4, 0.5) is 11.8 Å². The molecule has 1 heterocycles. The van der Waals surface area contributed by atoms with Crippen LogP contribution in [0.2, 0.25) is 0 Å². The van der Waals surface area contributed by atoms with Crippen molar-refractivity contribution in [2.24, 2.45) is 0 Å². The van der Waals surface area contributed by atoms with E-state index in [1.165, 1.54) is 5.56 Å². The third-order valence-corrected chi connectivity index (χ3v) is 4.02. The largest absolute Gasteiger partial charge is 0.354 e. The summed E-state index contributed by atoms with van der Waals surface area (Å²) in [4.78, 5) is 13.8. The Bertz CT molecular complexity index is 640. The maximum absolute atomic E-state index is 4.76. The maximum atomic E-state index is 4.76. The Morgan fingerprint density at radius 3 is 2.44 bits per heavy atom. The predicted octanol–water partition coefficient (Wildman–Crippen LogP) is 3.56. The highest BCUT2D eigenvalue weighted by Crippen LogP contribution is 2.20. The van der Waals surface area contributed by atoms with Crippen molar-refractivity contribution in [3.63, 3.8) is 0 Å².